The molecule has 0 aromatic rings. The van der Waals surface area contributed by atoms with Crippen molar-refractivity contribution in [1.29, 1.82) is 0 Å². The summed E-state index contributed by atoms with van der Waals surface area (Å²) >= 11 is 0. The summed E-state index contributed by atoms with van der Waals surface area (Å²) in [6.07, 6.45) is -4.40. The molecule has 8 aliphatic rings. The molecule has 0 amide bonds. The summed E-state index contributed by atoms with van der Waals surface area (Å²) in [7, 11) is 0. The Balaban J connectivity index is 1.48. The van der Waals surface area contributed by atoms with Crippen molar-refractivity contribution in [2.75, 3.05) is 0 Å². The Hall–Kier alpha value is -2.07. The number of epoxide rings is 2. The number of Topliss-reactive ketones (excluding diaryl/α,β-unsaturated/α-hetero) is 2. The number of esters is 1. The van der Waals surface area contributed by atoms with Crippen LogP contribution >= 0.6 is 0 Å². The molecule has 1 N–H and O–H groups in total. The second-order valence-electron chi connectivity index (χ2n) is 9.67. The second-order valence-corrected chi connectivity index (χ2v) is 9.67. The molecule has 4 fully saturated rings. The van der Waals surface area contributed by atoms with Gasteiger partial charge in [-0.3, -0.25) is 14.4 Å². The molecule has 31 heavy (non-hydrogen) atoms. The normalized spacial score (nSPS) is 55.1. The van der Waals surface area contributed by atoms with Crippen molar-refractivity contribution in [3.63, 3.8) is 0 Å². The molecular weight excluding hydrogens is 408 g/mol. The van der Waals surface area contributed by atoms with Crippen LogP contribution in [0.3, 0.4) is 0 Å². The molecule has 5 heterocycles. The molecule has 3 aliphatic carbocycles. The number of hydrogen-bond donors (Lipinski definition) is 1. The lowest BCUT2D eigenvalue weighted by atomic mass is 9.45. The third-order valence-corrected chi connectivity index (χ3v) is 8.27. The lowest BCUT2D eigenvalue weighted by Crippen LogP contribution is -2.72. The van der Waals surface area contributed by atoms with E-state index in [1.54, 1.807) is 0 Å². The average molecular weight is 430 g/mol. The van der Waals surface area contributed by atoms with Crippen LogP contribution in [0.1, 0.15) is 20.8 Å². The Morgan fingerprint density at radius 2 is 1.84 bits per heavy atom. The van der Waals surface area contributed by atoms with Gasteiger partial charge in [0, 0.05) is 29.9 Å². The minimum absolute atomic E-state index is 0.131. The summed E-state index contributed by atoms with van der Waals surface area (Å²) in [6, 6.07) is 0. The SMILES string of the molecule is CC(=O)O[C@H]1C2=CO[C@H](C)[C@H]3[C@H]4C5=C([C@H](O)[C@H]6O[C@H]6C5=O)[C@H](OC4C)[C@@]23C(=O)[C@@H]2O[C@@H]21. The fourth-order valence-corrected chi connectivity index (χ4v) is 7.14. The van der Waals surface area contributed by atoms with Crippen molar-refractivity contribution in [2.24, 2.45) is 17.3 Å². The van der Waals surface area contributed by atoms with E-state index in [0.717, 1.165) is 0 Å². The smallest absolute Gasteiger partial charge is 0.303 e. The van der Waals surface area contributed by atoms with Gasteiger partial charge in [0.1, 0.15) is 30.5 Å². The molecule has 1 saturated carbocycles. The number of aliphatic hydroxyl groups excluding tert-OH is 1. The first kappa shape index (κ1) is 18.5. The van der Waals surface area contributed by atoms with Crippen LogP contribution in [0.15, 0.2) is 23.0 Å². The maximum atomic E-state index is 13.9. The van der Waals surface area contributed by atoms with Gasteiger partial charge in [-0.15, -0.1) is 0 Å². The van der Waals surface area contributed by atoms with Crippen LogP contribution in [0, 0.1) is 17.3 Å². The maximum absolute atomic E-state index is 13.9. The van der Waals surface area contributed by atoms with Gasteiger partial charge in [-0.05, 0) is 19.4 Å². The van der Waals surface area contributed by atoms with Crippen LogP contribution in [0.25, 0.3) is 0 Å². The van der Waals surface area contributed by atoms with Crippen LogP contribution in [0.5, 0.6) is 0 Å². The number of ether oxygens (including phenoxy) is 5. The van der Waals surface area contributed by atoms with Gasteiger partial charge in [0.05, 0.1) is 30.0 Å². The first-order valence-electron chi connectivity index (χ1n) is 10.8. The van der Waals surface area contributed by atoms with Crippen LogP contribution < -0.4 is 0 Å². The second kappa shape index (κ2) is 5.46. The van der Waals surface area contributed by atoms with Crippen molar-refractivity contribution in [3.05, 3.63) is 23.0 Å². The predicted molar refractivity (Wildman–Crippen MR) is 98.3 cm³/mol. The van der Waals surface area contributed by atoms with E-state index < -0.39 is 72.1 Å². The molecule has 0 aromatic heterocycles. The van der Waals surface area contributed by atoms with E-state index in [2.05, 4.69) is 0 Å². The number of fused-ring (bicyclic) bond motifs is 3. The summed E-state index contributed by atoms with van der Waals surface area (Å²) in [5.74, 6) is -1.64. The zero-order valence-corrected chi connectivity index (χ0v) is 17.1. The lowest BCUT2D eigenvalue weighted by Gasteiger charge is -2.63. The maximum Gasteiger partial charge on any atom is 0.303 e. The van der Waals surface area contributed by atoms with Gasteiger partial charge in [-0.2, -0.15) is 0 Å². The van der Waals surface area contributed by atoms with Crippen LogP contribution in [0.2, 0.25) is 0 Å². The molecule has 1 spiro atoms. The zero-order valence-electron chi connectivity index (χ0n) is 17.1. The van der Waals surface area contributed by atoms with Crippen molar-refractivity contribution < 1.29 is 43.2 Å². The first-order chi connectivity index (χ1) is 14.8. The van der Waals surface area contributed by atoms with E-state index in [9.17, 15) is 19.5 Å². The van der Waals surface area contributed by atoms with Gasteiger partial charge in [-0.25, -0.2) is 0 Å². The average Bonchev–Trinajstić information content (AvgIpc) is 3.62. The van der Waals surface area contributed by atoms with Crippen LogP contribution in [-0.4, -0.2) is 77.6 Å². The van der Waals surface area contributed by atoms with Crippen LogP contribution in [0.4, 0.5) is 0 Å². The molecule has 0 radical (unpaired) electrons. The molecule has 12 atom stereocenters. The van der Waals surface area contributed by atoms with E-state index in [1.807, 2.05) is 13.8 Å². The van der Waals surface area contributed by atoms with E-state index in [1.165, 1.54) is 13.2 Å². The Morgan fingerprint density at radius 1 is 1.10 bits per heavy atom. The predicted octanol–water partition coefficient (Wildman–Crippen LogP) is -0.402. The fraction of sp³-hybridized carbons (Fsp3) is 0.682. The van der Waals surface area contributed by atoms with Gasteiger partial charge < -0.3 is 28.8 Å². The van der Waals surface area contributed by atoms with Crippen molar-refractivity contribution in [2.45, 2.75) is 75.7 Å². The molecule has 2 bridgehead atoms. The van der Waals surface area contributed by atoms with E-state index >= 15 is 0 Å². The van der Waals surface area contributed by atoms with Gasteiger partial charge in [0.2, 0.25) is 0 Å². The van der Waals surface area contributed by atoms with E-state index in [-0.39, 0.29) is 17.7 Å². The molecular formula is C22H22O9. The Morgan fingerprint density at radius 3 is 2.58 bits per heavy atom. The highest BCUT2D eigenvalue weighted by atomic mass is 16.6. The molecule has 3 saturated heterocycles. The van der Waals surface area contributed by atoms with E-state index in [0.29, 0.717) is 16.7 Å². The third-order valence-electron chi connectivity index (χ3n) is 8.27. The molecule has 1 unspecified atom stereocenters. The number of ketones is 2. The molecule has 9 nitrogen and oxygen atoms in total. The molecule has 9 heteroatoms. The summed E-state index contributed by atoms with van der Waals surface area (Å²) in [5, 5.41) is 11.1. The van der Waals surface area contributed by atoms with Gasteiger partial charge >= 0.3 is 5.97 Å². The van der Waals surface area contributed by atoms with Gasteiger partial charge in [0.25, 0.3) is 0 Å². The lowest BCUT2D eigenvalue weighted by molar-refractivity contribution is -0.211. The Bertz CT molecular complexity index is 1030. The van der Waals surface area contributed by atoms with Gasteiger partial charge in [0.15, 0.2) is 17.7 Å². The Kier molecular flexibility index (Phi) is 3.26. The minimum Gasteiger partial charge on any atom is -0.498 e. The fourth-order valence-electron chi connectivity index (χ4n) is 7.14. The third kappa shape index (κ3) is 1.92. The van der Waals surface area contributed by atoms with Crippen molar-refractivity contribution >= 4 is 17.5 Å². The van der Waals surface area contributed by atoms with Gasteiger partial charge in [-0.1, -0.05) is 0 Å². The standard InChI is InChI=1S/C22H22O9/c1-5-9-10-11(14(25)17-16(30-17)13(10)24)21(28-5)22-8(4-27-6(2)12(9)22)15(29-7(3)23)18-19(31-18)20(22)26/h4-6,9,12,14-19,21,25H,1-3H3/t5?,6-,9-,12+,14+,15+,16+,17-,18-,19-,21+,22+/m1/s1. The zero-order chi connectivity index (χ0) is 21.6. The summed E-state index contributed by atoms with van der Waals surface area (Å²) in [5.41, 5.74) is 0.241. The van der Waals surface area contributed by atoms with E-state index in [4.69, 9.17) is 23.7 Å². The number of rotatable bonds is 1. The Labute approximate surface area is 177 Å². The molecule has 164 valence electrons. The highest BCUT2D eigenvalue weighted by Gasteiger charge is 2.79. The molecule has 0 aromatic carbocycles. The van der Waals surface area contributed by atoms with Crippen LogP contribution in [-0.2, 0) is 38.1 Å². The molecule has 5 aliphatic heterocycles. The quantitative estimate of drug-likeness (QED) is 0.437. The van der Waals surface area contributed by atoms with Crippen molar-refractivity contribution in [1.82, 2.24) is 0 Å². The van der Waals surface area contributed by atoms with Crippen molar-refractivity contribution in [3.8, 4) is 0 Å². The largest absolute Gasteiger partial charge is 0.498 e. The highest BCUT2D eigenvalue weighted by Crippen LogP contribution is 2.68. The topological polar surface area (TPSA) is 124 Å². The number of carbonyl (C=O) groups is 3. The number of hydrogen-bond acceptors (Lipinski definition) is 9. The molecule has 8 rings (SSSR count). The summed E-state index contributed by atoms with van der Waals surface area (Å²) in [6.45, 7) is 5.07. The minimum atomic E-state index is -1.23. The summed E-state index contributed by atoms with van der Waals surface area (Å²) < 4.78 is 29.1. The number of aliphatic hydroxyl groups is 1. The monoisotopic (exact) mass is 430 g/mol. The highest BCUT2D eigenvalue weighted by molar-refractivity contribution is 6.06. The summed E-state index contributed by atoms with van der Waals surface area (Å²) in [4.78, 5) is 39.0. The number of carbonyl (C=O) groups excluding carboxylic acids is 3. The first-order valence-corrected chi connectivity index (χ1v) is 10.8.